The summed E-state index contributed by atoms with van der Waals surface area (Å²) in [5, 5.41) is 8.77. The number of hydrogen-bond donors (Lipinski definition) is 2. The predicted octanol–water partition coefficient (Wildman–Crippen LogP) is 5.08. The molecule has 6 heteroatoms. The predicted molar refractivity (Wildman–Crippen MR) is 112 cm³/mol. The molecule has 0 saturated heterocycles. The number of benzene rings is 3. The lowest BCUT2D eigenvalue weighted by atomic mass is 10.1. The fraction of sp³-hybridized carbons (Fsp3) is 0.0909. The third-order valence-corrected chi connectivity index (χ3v) is 5.23. The molecule has 0 radical (unpaired) electrons. The van der Waals surface area contributed by atoms with Crippen LogP contribution >= 0.6 is 11.3 Å². The maximum absolute atomic E-state index is 13.0. The maximum Gasteiger partial charge on any atom is 0.245 e. The van der Waals surface area contributed by atoms with Gasteiger partial charge in [-0.15, -0.1) is 11.3 Å². The van der Waals surface area contributed by atoms with Crippen molar-refractivity contribution in [2.75, 3.05) is 17.2 Å². The van der Waals surface area contributed by atoms with Crippen LogP contribution in [0, 0.1) is 5.82 Å². The van der Waals surface area contributed by atoms with E-state index in [2.05, 4.69) is 15.6 Å². The van der Waals surface area contributed by atoms with Crippen molar-refractivity contribution in [1.29, 1.82) is 0 Å². The Morgan fingerprint density at radius 2 is 1.79 bits per heavy atom. The maximum atomic E-state index is 13.0. The minimum atomic E-state index is -0.250. The van der Waals surface area contributed by atoms with Gasteiger partial charge in [-0.2, -0.15) is 0 Å². The average molecular weight is 391 g/mol. The molecular formula is C22H18FN3OS. The zero-order valence-corrected chi connectivity index (χ0v) is 15.8. The molecule has 0 aliphatic carbocycles. The Balaban J connectivity index is 1.35. The van der Waals surface area contributed by atoms with Crippen LogP contribution in [0.5, 0.6) is 0 Å². The number of nitrogens with zero attached hydrogens (tertiary/aromatic N) is 1. The lowest BCUT2D eigenvalue weighted by molar-refractivity contribution is -0.114. The highest BCUT2D eigenvalue weighted by atomic mass is 32.1. The van der Waals surface area contributed by atoms with E-state index >= 15 is 0 Å². The highest BCUT2D eigenvalue weighted by molar-refractivity contribution is 7.15. The van der Waals surface area contributed by atoms with Gasteiger partial charge in [-0.05, 0) is 29.1 Å². The van der Waals surface area contributed by atoms with E-state index in [1.165, 1.54) is 23.5 Å². The van der Waals surface area contributed by atoms with Crippen LogP contribution in [0.3, 0.4) is 0 Å². The van der Waals surface area contributed by atoms with Gasteiger partial charge in [0.15, 0.2) is 5.13 Å². The fourth-order valence-corrected chi connectivity index (χ4v) is 3.83. The lowest BCUT2D eigenvalue weighted by Gasteiger charge is -2.09. The number of fused-ring (bicyclic) bond motifs is 1. The molecule has 4 nitrogen and oxygen atoms in total. The molecule has 0 bridgehead atoms. The van der Waals surface area contributed by atoms with E-state index in [0.717, 1.165) is 26.9 Å². The van der Waals surface area contributed by atoms with Crippen LogP contribution in [0.15, 0.2) is 72.9 Å². The average Bonchev–Trinajstić information content (AvgIpc) is 3.15. The zero-order valence-electron chi connectivity index (χ0n) is 15.0. The van der Waals surface area contributed by atoms with Gasteiger partial charge in [-0.3, -0.25) is 4.79 Å². The van der Waals surface area contributed by atoms with Gasteiger partial charge >= 0.3 is 0 Å². The Labute approximate surface area is 166 Å². The van der Waals surface area contributed by atoms with Crippen molar-refractivity contribution in [3.63, 3.8) is 0 Å². The van der Waals surface area contributed by atoms with Crippen molar-refractivity contribution in [2.45, 2.75) is 6.42 Å². The third kappa shape index (κ3) is 4.35. The van der Waals surface area contributed by atoms with E-state index in [0.29, 0.717) is 11.6 Å². The molecule has 3 aromatic carbocycles. The normalized spacial score (nSPS) is 10.8. The number of carbonyl (C=O) groups excluding carboxylic acids is 1. The smallest absolute Gasteiger partial charge is 0.245 e. The molecule has 4 aromatic rings. The molecule has 4 rings (SSSR count). The van der Waals surface area contributed by atoms with Gasteiger partial charge in [0.2, 0.25) is 5.91 Å². The van der Waals surface area contributed by atoms with Gasteiger partial charge in [0.25, 0.3) is 0 Å². The number of halogens is 1. The van der Waals surface area contributed by atoms with Crippen LogP contribution in [-0.2, 0) is 11.2 Å². The minimum absolute atomic E-state index is 0.154. The summed E-state index contributed by atoms with van der Waals surface area (Å²) in [7, 11) is 0. The van der Waals surface area contributed by atoms with Crippen molar-refractivity contribution in [3.05, 3.63) is 89.2 Å². The summed E-state index contributed by atoms with van der Waals surface area (Å²) in [5.74, 6) is -0.407. The third-order valence-electron chi connectivity index (χ3n) is 4.32. The molecule has 1 heterocycles. The van der Waals surface area contributed by atoms with Gasteiger partial charge in [0.05, 0.1) is 6.54 Å². The largest absolute Gasteiger partial charge is 0.376 e. The van der Waals surface area contributed by atoms with Gasteiger partial charge < -0.3 is 10.6 Å². The molecule has 140 valence electrons. The summed E-state index contributed by atoms with van der Waals surface area (Å²) in [4.78, 5) is 17.5. The van der Waals surface area contributed by atoms with Crippen LogP contribution in [-0.4, -0.2) is 17.4 Å². The molecule has 0 unspecified atom stereocenters. The lowest BCUT2D eigenvalue weighted by Crippen LogP contribution is -2.21. The second kappa shape index (κ2) is 8.19. The number of anilines is 2. The first kappa shape index (κ1) is 18.1. The molecule has 1 aromatic heterocycles. The van der Waals surface area contributed by atoms with Gasteiger partial charge in [-0.1, -0.05) is 48.5 Å². The zero-order chi connectivity index (χ0) is 19.3. The van der Waals surface area contributed by atoms with Crippen molar-refractivity contribution >= 4 is 38.8 Å². The van der Waals surface area contributed by atoms with E-state index in [1.54, 1.807) is 18.3 Å². The second-order valence-electron chi connectivity index (χ2n) is 6.36. The number of aromatic nitrogens is 1. The van der Waals surface area contributed by atoms with Crippen LogP contribution in [0.1, 0.15) is 10.4 Å². The Morgan fingerprint density at radius 3 is 2.64 bits per heavy atom. The summed E-state index contributed by atoms with van der Waals surface area (Å²) in [5.41, 5.74) is 1.92. The molecule has 0 aliphatic rings. The first-order chi connectivity index (χ1) is 13.7. The number of nitrogens with one attached hydrogen (secondary N) is 2. The Morgan fingerprint density at radius 1 is 1.00 bits per heavy atom. The monoisotopic (exact) mass is 391 g/mol. The first-order valence-electron chi connectivity index (χ1n) is 8.88. The van der Waals surface area contributed by atoms with E-state index in [1.807, 2.05) is 42.5 Å². The van der Waals surface area contributed by atoms with E-state index in [9.17, 15) is 9.18 Å². The molecule has 28 heavy (non-hydrogen) atoms. The molecule has 0 aliphatic heterocycles. The summed E-state index contributed by atoms with van der Waals surface area (Å²) in [6.45, 7) is 0.154. The molecule has 0 atom stereocenters. The number of amides is 1. The second-order valence-corrected chi connectivity index (χ2v) is 7.48. The van der Waals surface area contributed by atoms with Crippen molar-refractivity contribution < 1.29 is 9.18 Å². The first-order valence-corrected chi connectivity index (χ1v) is 9.70. The molecule has 0 fully saturated rings. The standard InChI is InChI=1S/C22H18FN3OS/c23-17-10-8-15(9-11-17)12-18-13-25-22(28-18)26-21(27)14-24-20-7-3-5-16-4-1-2-6-19(16)20/h1-11,13,24H,12,14H2,(H,25,26,27). The molecular weight excluding hydrogens is 373 g/mol. The van der Waals surface area contributed by atoms with Crippen LogP contribution in [0.2, 0.25) is 0 Å². The number of thiazole rings is 1. The molecule has 1 amide bonds. The quantitative estimate of drug-likeness (QED) is 0.482. The Hall–Kier alpha value is -3.25. The van der Waals surface area contributed by atoms with Gasteiger partial charge in [0, 0.05) is 28.6 Å². The molecule has 2 N–H and O–H groups in total. The molecule has 0 spiro atoms. The van der Waals surface area contributed by atoms with Crippen molar-refractivity contribution in [3.8, 4) is 0 Å². The summed E-state index contributed by atoms with van der Waals surface area (Å²) in [6.07, 6.45) is 2.39. The number of hydrogen-bond acceptors (Lipinski definition) is 4. The summed E-state index contributed by atoms with van der Waals surface area (Å²) < 4.78 is 13.0. The van der Waals surface area contributed by atoms with Crippen molar-refractivity contribution in [2.24, 2.45) is 0 Å². The Kier molecular flexibility index (Phi) is 5.30. The Bertz CT molecular complexity index is 1100. The van der Waals surface area contributed by atoms with Gasteiger partial charge in [0.1, 0.15) is 5.82 Å². The minimum Gasteiger partial charge on any atom is -0.376 e. The van der Waals surface area contributed by atoms with E-state index in [-0.39, 0.29) is 18.3 Å². The topological polar surface area (TPSA) is 54.0 Å². The van der Waals surface area contributed by atoms with Crippen LogP contribution in [0.4, 0.5) is 15.2 Å². The molecule has 0 saturated carbocycles. The SMILES string of the molecule is O=C(CNc1cccc2ccccc12)Nc1ncc(Cc2ccc(F)cc2)s1. The highest BCUT2D eigenvalue weighted by Gasteiger charge is 2.08. The summed E-state index contributed by atoms with van der Waals surface area (Å²) in [6, 6.07) is 20.4. The fourth-order valence-electron chi connectivity index (χ4n) is 2.97. The van der Waals surface area contributed by atoms with Crippen LogP contribution in [0.25, 0.3) is 10.8 Å². The summed E-state index contributed by atoms with van der Waals surface area (Å²) >= 11 is 1.42. The van der Waals surface area contributed by atoms with E-state index < -0.39 is 0 Å². The van der Waals surface area contributed by atoms with Crippen LogP contribution < -0.4 is 10.6 Å². The number of rotatable bonds is 6. The number of carbonyl (C=O) groups is 1. The highest BCUT2D eigenvalue weighted by Crippen LogP contribution is 2.23. The van der Waals surface area contributed by atoms with E-state index in [4.69, 9.17) is 0 Å². The van der Waals surface area contributed by atoms with Gasteiger partial charge in [-0.25, -0.2) is 9.37 Å². The van der Waals surface area contributed by atoms with Crippen molar-refractivity contribution in [1.82, 2.24) is 4.98 Å².